The maximum atomic E-state index is 13.2. The number of hydrogen-bond donors (Lipinski definition) is 1. The topological polar surface area (TPSA) is 122 Å². The van der Waals surface area contributed by atoms with Crippen LogP contribution in [-0.4, -0.2) is 59.2 Å². The van der Waals surface area contributed by atoms with Gasteiger partial charge in [0, 0.05) is 55.9 Å². The SMILES string of the molecule is Cn1cc(-c2cc(N3CC[C@@H](NC(=O)Cc4ccc(-n5cc(F)cn5)nc4)C3)c3c(C#N)cnn3c2)cn1. The number of rotatable bonds is 6. The molecule has 0 aliphatic carbocycles. The molecule has 0 aromatic carbocycles. The molecule has 5 aromatic rings. The summed E-state index contributed by atoms with van der Waals surface area (Å²) in [5, 5.41) is 25.3. The molecule has 1 aliphatic rings. The molecule has 11 nitrogen and oxygen atoms in total. The molecule has 1 saturated heterocycles. The molecule has 1 amide bonds. The normalized spacial score (nSPS) is 15.2. The minimum Gasteiger partial charge on any atom is -0.368 e. The second kappa shape index (κ2) is 9.44. The van der Waals surface area contributed by atoms with Gasteiger partial charge in [-0.05, 0) is 24.1 Å². The summed E-state index contributed by atoms with van der Waals surface area (Å²) in [6.07, 6.45) is 12.1. The molecule has 0 saturated carbocycles. The lowest BCUT2D eigenvalue weighted by atomic mass is 10.1. The number of anilines is 1. The third-order valence-electron chi connectivity index (χ3n) is 6.60. The van der Waals surface area contributed by atoms with Crippen LogP contribution in [0.3, 0.4) is 0 Å². The van der Waals surface area contributed by atoms with Crippen molar-refractivity contribution in [1.82, 2.24) is 39.5 Å². The molecule has 5 aromatic heterocycles. The highest BCUT2D eigenvalue weighted by Crippen LogP contribution is 2.32. The Bertz CT molecular complexity index is 1680. The third kappa shape index (κ3) is 4.45. The second-order valence-corrected chi connectivity index (χ2v) is 9.28. The van der Waals surface area contributed by atoms with Crippen molar-refractivity contribution in [2.24, 2.45) is 7.05 Å². The summed E-state index contributed by atoms with van der Waals surface area (Å²) in [5.41, 5.74) is 4.78. The van der Waals surface area contributed by atoms with Crippen molar-refractivity contribution in [2.45, 2.75) is 18.9 Å². The van der Waals surface area contributed by atoms with Crippen LogP contribution in [0, 0.1) is 17.1 Å². The molecule has 190 valence electrons. The quantitative estimate of drug-likeness (QED) is 0.372. The summed E-state index contributed by atoms with van der Waals surface area (Å²) >= 11 is 0. The van der Waals surface area contributed by atoms with Crippen LogP contribution in [0.15, 0.2) is 61.6 Å². The fourth-order valence-corrected chi connectivity index (χ4v) is 4.80. The minimum absolute atomic E-state index is 0.0441. The van der Waals surface area contributed by atoms with E-state index in [1.807, 2.05) is 19.4 Å². The van der Waals surface area contributed by atoms with Crippen LogP contribution in [0.2, 0.25) is 0 Å². The van der Waals surface area contributed by atoms with Crippen LogP contribution in [0.1, 0.15) is 17.5 Å². The molecule has 1 aliphatic heterocycles. The molecule has 0 radical (unpaired) electrons. The van der Waals surface area contributed by atoms with Gasteiger partial charge in [-0.15, -0.1) is 0 Å². The zero-order valence-corrected chi connectivity index (χ0v) is 20.5. The number of nitrogens with zero attached hydrogens (tertiary/aromatic N) is 9. The van der Waals surface area contributed by atoms with E-state index in [1.54, 1.807) is 39.9 Å². The lowest BCUT2D eigenvalue weighted by molar-refractivity contribution is -0.121. The molecule has 6 heterocycles. The van der Waals surface area contributed by atoms with Gasteiger partial charge in [0.05, 0.1) is 42.5 Å². The number of carbonyl (C=O) groups is 1. The van der Waals surface area contributed by atoms with Gasteiger partial charge in [-0.1, -0.05) is 6.07 Å². The van der Waals surface area contributed by atoms with Crippen molar-refractivity contribution in [3.8, 4) is 23.0 Å². The Hall–Kier alpha value is -5.05. The standard InChI is InChI=1S/C26H23FN10O/c1-34-13-20(11-30-34)18-7-23(26-19(8-28)10-31-37(26)14-18)35-5-4-22(16-35)33-25(38)6-17-2-3-24(29-9-17)36-15-21(27)12-32-36/h2-3,7,9-15,22H,4-6,16H2,1H3,(H,33,38)/t22-/m1/s1. The molecule has 0 unspecified atom stereocenters. The number of halogens is 1. The van der Waals surface area contributed by atoms with Crippen molar-refractivity contribution in [3.05, 3.63) is 78.5 Å². The highest BCUT2D eigenvalue weighted by Gasteiger charge is 2.27. The average Bonchev–Trinajstić information content (AvgIpc) is 3.71. The van der Waals surface area contributed by atoms with Gasteiger partial charge in [-0.25, -0.2) is 18.6 Å². The summed E-state index contributed by atoms with van der Waals surface area (Å²) in [7, 11) is 1.86. The highest BCUT2D eigenvalue weighted by molar-refractivity contribution is 5.84. The molecule has 0 spiro atoms. The van der Waals surface area contributed by atoms with E-state index < -0.39 is 5.82 Å². The second-order valence-electron chi connectivity index (χ2n) is 9.28. The number of amides is 1. The summed E-state index contributed by atoms with van der Waals surface area (Å²) in [5.74, 6) is -0.0729. The zero-order chi connectivity index (χ0) is 26.2. The maximum Gasteiger partial charge on any atom is 0.224 e. The molecular weight excluding hydrogens is 487 g/mol. The van der Waals surface area contributed by atoms with Crippen LogP contribution < -0.4 is 10.2 Å². The van der Waals surface area contributed by atoms with E-state index in [0.717, 1.165) is 47.1 Å². The van der Waals surface area contributed by atoms with E-state index in [4.69, 9.17) is 0 Å². The zero-order valence-electron chi connectivity index (χ0n) is 20.5. The highest BCUT2D eigenvalue weighted by atomic mass is 19.1. The van der Waals surface area contributed by atoms with Gasteiger partial charge < -0.3 is 10.2 Å². The van der Waals surface area contributed by atoms with Crippen LogP contribution in [-0.2, 0) is 18.3 Å². The lowest BCUT2D eigenvalue weighted by Gasteiger charge is -2.21. The van der Waals surface area contributed by atoms with E-state index >= 15 is 0 Å². The maximum absolute atomic E-state index is 13.2. The summed E-state index contributed by atoms with van der Waals surface area (Å²) in [6.45, 7) is 1.33. The predicted octanol–water partition coefficient (Wildman–Crippen LogP) is 2.26. The Morgan fingerprint density at radius 3 is 2.74 bits per heavy atom. The van der Waals surface area contributed by atoms with E-state index in [-0.39, 0.29) is 18.4 Å². The van der Waals surface area contributed by atoms with Crippen molar-refractivity contribution in [3.63, 3.8) is 0 Å². The third-order valence-corrected chi connectivity index (χ3v) is 6.60. The molecule has 1 fully saturated rings. The fraction of sp³-hybridized carbons (Fsp3) is 0.231. The van der Waals surface area contributed by atoms with Gasteiger partial charge in [-0.3, -0.25) is 9.48 Å². The number of aromatic nitrogens is 7. The molecule has 0 bridgehead atoms. The Morgan fingerprint density at radius 1 is 1.13 bits per heavy atom. The van der Waals surface area contributed by atoms with E-state index in [9.17, 15) is 14.4 Å². The number of pyridine rings is 2. The first kappa shape index (κ1) is 23.4. The van der Waals surface area contributed by atoms with Crippen LogP contribution in [0.25, 0.3) is 22.5 Å². The smallest absolute Gasteiger partial charge is 0.224 e. The Morgan fingerprint density at radius 2 is 2.03 bits per heavy atom. The number of aryl methyl sites for hydroxylation is 1. The number of hydrogen-bond acceptors (Lipinski definition) is 7. The van der Waals surface area contributed by atoms with E-state index in [0.29, 0.717) is 17.9 Å². The van der Waals surface area contributed by atoms with E-state index in [1.165, 1.54) is 10.9 Å². The monoisotopic (exact) mass is 510 g/mol. The van der Waals surface area contributed by atoms with Crippen molar-refractivity contribution in [1.29, 1.82) is 5.26 Å². The first-order chi connectivity index (χ1) is 18.5. The largest absolute Gasteiger partial charge is 0.368 e. The van der Waals surface area contributed by atoms with Gasteiger partial charge in [0.25, 0.3) is 0 Å². The summed E-state index contributed by atoms with van der Waals surface area (Å²) in [4.78, 5) is 19.3. The van der Waals surface area contributed by atoms with Crippen LogP contribution >= 0.6 is 0 Å². The summed E-state index contributed by atoms with van der Waals surface area (Å²) in [6, 6.07) is 7.73. The lowest BCUT2D eigenvalue weighted by Crippen LogP contribution is -2.38. The van der Waals surface area contributed by atoms with Crippen molar-refractivity contribution in [2.75, 3.05) is 18.0 Å². The van der Waals surface area contributed by atoms with Gasteiger partial charge in [0.15, 0.2) is 11.6 Å². The number of fused-ring (bicyclic) bond motifs is 1. The average molecular weight is 511 g/mol. The Balaban J connectivity index is 1.16. The first-order valence-electron chi connectivity index (χ1n) is 12.1. The fourth-order valence-electron chi connectivity index (χ4n) is 4.80. The molecular formula is C26H23FN10O. The Kier molecular flexibility index (Phi) is 5.80. The minimum atomic E-state index is -0.442. The van der Waals surface area contributed by atoms with Crippen LogP contribution in [0.5, 0.6) is 0 Å². The molecule has 6 rings (SSSR count). The van der Waals surface area contributed by atoms with Gasteiger partial charge in [-0.2, -0.15) is 20.6 Å². The molecule has 38 heavy (non-hydrogen) atoms. The van der Waals surface area contributed by atoms with Gasteiger partial charge in [0.2, 0.25) is 5.91 Å². The predicted molar refractivity (Wildman–Crippen MR) is 136 cm³/mol. The number of carbonyl (C=O) groups excluding carboxylic acids is 1. The Labute approximate surface area is 216 Å². The first-order valence-corrected chi connectivity index (χ1v) is 12.1. The molecule has 12 heteroatoms. The molecule has 1 atom stereocenters. The van der Waals surface area contributed by atoms with Crippen molar-refractivity contribution < 1.29 is 9.18 Å². The van der Waals surface area contributed by atoms with E-state index in [2.05, 4.69) is 42.6 Å². The number of nitrogens with one attached hydrogen (secondary N) is 1. The van der Waals surface area contributed by atoms with Gasteiger partial charge >= 0.3 is 0 Å². The number of nitriles is 1. The summed E-state index contributed by atoms with van der Waals surface area (Å²) < 4.78 is 18.0. The van der Waals surface area contributed by atoms with Gasteiger partial charge in [0.1, 0.15) is 11.6 Å². The van der Waals surface area contributed by atoms with Crippen LogP contribution in [0.4, 0.5) is 10.1 Å². The van der Waals surface area contributed by atoms with Crippen molar-refractivity contribution >= 4 is 17.1 Å². The molecule has 1 N–H and O–H groups in total.